The molecule has 0 aliphatic rings. The van der Waals surface area contributed by atoms with Gasteiger partial charge in [-0.25, -0.2) is 4.98 Å². The number of amides is 1. The Hall–Kier alpha value is -2.89. The van der Waals surface area contributed by atoms with Gasteiger partial charge in [-0.3, -0.25) is 9.48 Å². The van der Waals surface area contributed by atoms with E-state index >= 15 is 0 Å². The minimum atomic E-state index is -0.0251. The molecule has 0 spiro atoms. The maximum atomic E-state index is 12.0. The second-order valence-corrected chi connectivity index (χ2v) is 5.52. The van der Waals surface area contributed by atoms with Crippen LogP contribution in [0.4, 0.5) is 5.69 Å². The third-order valence-electron chi connectivity index (χ3n) is 3.58. The molecule has 0 atom stereocenters. The van der Waals surface area contributed by atoms with E-state index in [-0.39, 0.29) is 5.91 Å². The van der Waals surface area contributed by atoms with Crippen molar-refractivity contribution in [3.63, 3.8) is 0 Å². The molecular weight excluding hydrogens is 290 g/mol. The molecule has 0 aliphatic heterocycles. The number of aromatic nitrogens is 4. The molecule has 6 heteroatoms. The minimum absolute atomic E-state index is 0.0251. The van der Waals surface area contributed by atoms with Gasteiger partial charge in [-0.15, -0.1) is 0 Å². The predicted octanol–water partition coefficient (Wildman–Crippen LogP) is 2.62. The van der Waals surface area contributed by atoms with Crippen molar-refractivity contribution < 1.29 is 4.79 Å². The lowest BCUT2D eigenvalue weighted by Crippen LogP contribution is -2.14. The molecule has 1 aromatic carbocycles. The number of nitrogens with one attached hydrogen (secondary N) is 1. The van der Waals surface area contributed by atoms with Gasteiger partial charge in [0.25, 0.3) is 0 Å². The number of hydrogen-bond donors (Lipinski definition) is 1. The molecule has 1 amide bonds. The van der Waals surface area contributed by atoms with Crippen molar-refractivity contribution in [1.82, 2.24) is 19.3 Å². The van der Waals surface area contributed by atoms with Crippen LogP contribution in [0.2, 0.25) is 0 Å². The van der Waals surface area contributed by atoms with Crippen molar-refractivity contribution >= 4 is 11.6 Å². The normalized spacial score (nSPS) is 10.7. The summed E-state index contributed by atoms with van der Waals surface area (Å²) < 4.78 is 3.73. The van der Waals surface area contributed by atoms with Gasteiger partial charge in [0, 0.05) is 49.9 Å². The summed E-state index contributed by atoms with van der Waals surface area (Å²) in [5.74, 6) is 0.875. The lowest BCUT2D eigenvalue weighted by molar-refractivity contribution is -0.116. The maximum Gasteiger partial charge on any atom is 0.226 e. The monoisotopic (exact) mass is 309 g/mol. The van der Waals surface area contributed by atoms with Crippen LogP contribution in [-0.4, -0.2) is 25.2 Å². The SMILES string of the molecule is Cc1cnn(CCC(=O)Nc2ccc(-c3nccn3C)cc2)c1. The first-order chi connectivity index (χ1) is 11.1. The minimum Gasteiger partial charge on any atom is -0.334 e. The van der Waals surface area contributed by atoms with Gasteiger partial charge in [-0.05, 0) is 36.8 Å². The van der Waals surface area contributed by atoms with E-state index in [1.165, 1.54) is 0 Å². The third kappa shape index (κ3) is 3.66. The molecule has 6 nitrogen and oxygen atoms in total. The molecule has 3 aromatic rings. The van der Waals surface area contributed by atoms with Crippen molar-refractivity contribution in [3.05, 3.63) is 54.6 Å². The molecule has 23 heavy (non-hydrogen) atoms. The number of carbonyl (C=O) groups is 1. The van der Waals surface area contributed by atoms with E-state index in [0.29, 0.717) is 13.0 Å². The highest BCUT2D eigenvalue weighted by Crippen LogP contribution is 2.19. The van der Waals surface area contributed by atoms with Crippen LogP contribution in [0.3, 0.4) is 0 Å². The first kappa shape index (κ1) is 15.0. The van der Waals surface area contributed by atoms with Crippen molar-refractivity contribution in [3.8, 4) is 11.4 Å². The average molecular weight is 309 g/mol. The Bertz CT molecular complexity index is 801. The molecule has 118 valence electrons. The van der Waals surface area contributed by atoms with Crippen LogP contribution in [0.1, 0.15) is 12.0 Å². The van der Waals surface area contributed by atoms with Gasteiger partial charge in [-0.1, -0.05) is 0 Å². The standard InChI is InChI=1S/C17H19N5O/c1-13-11-19-22(12-13)9-7-16(23)20-15-5-3-14(4-6-15)17-18-8-10-21(17)2/h3-6,8,10-12H,7,9H2,1-2H3,(H,20,23). The third-order valence-corrected chi connectivity index (χ3v) is 3.58. The number of aryl methyl sites for hydroxylation is 3. The van der Waals surface area contributed by atoms with Crippen molar-refractivity contribution in [1.29, 1.82) is 0 Å². The highest BCUT2D eigenvalue weighted by atomic mass is 16.1. The topological polar surface area (TPSA) is 64.7 Å². The van der Waals surface area contributed by atoms with Crippen LogP contribution >= 0.6 is 0 Å². The van der Waals surface area contributed by atoms with Gasteiger partial charge < -0.3 is 9.88 Å². The van der Waals surface area contributed by atoms with Gasteiger partial charge in [0.2, 0.25) is 5.91 Å². The summed E-state index contributed by atoms with van der Waals surface area (Å²) in [7, 11) is 1.95. The Kier molecular flexibility index (Phi) is 4.23. The lowest BCUT2D eigenvalue weighted by Gasteiger charge is -2.07. The molecule has 0 fully saturated rings. The number of hydrogen-bond acceptors (Lipinski definition) is 3. The summed E-state index contributed by atoms with van der Waals surface area (Å²) >= 11 is 0. The number of imidazole rings is 1. The maximum absolute atomic E-state index is 12.0. The van der Waals surface area contributed by atoms with Gasteiger partial charge in [0.15, 0.2) is 0 Å². The molecule has 3 rings (SSSR count). The zero-order valence-corrected chi connectivity index (χ0v) is 13.2. The second kappa shape index (κ2) is 6.48. The summed E-state index contributed by atoms with van der Waals surface area (Å²) in [5, 5.41) is 7.07. The molecule has 0 saturated heterocycles. The molecule has 0 radical (unpaired) electrons. The quantitative estimate of drug-likeness (QED) is 0.788. The van der Waals surface area contributed by atoms with E-state index in [0.717, 1.165) is 22.6 Å². The Morgan fingerprint density at radius 3 is 2.65 bits per heavy atom. The fourth-order valence-corrected chi connectivity index (χ4v) is 2.38. The highest BCUT2D eigenvalue weighted by Gasteiger charge is 2.06. The van der Waals surface area contributed by atoms with Gasteiger partial charge >= 0.3 is 0 Å². The van der Waals surface area contributed by atoms with E-state index in [1.807, 2.05) is 55.2 Å². The number of benzene rings is 1. The smallest absolute Gasteiger partial charge is 0.226 e. The Morgan fingerprint density at radius 1 is 1.26 bits per heavy atom. The predicted molar refractivity (Wildman–Crippen MR) is 88.9 cm³/mol. The number of rotatable bonds is 5. The molecule has 2 aromatic heterocycles. The van der Waals surface area contributed by atoms with Crippen LogP contribution in [0, 0.1) is 6.92 Å². The van der Waals surface area contributed by atoms with Crippen molar-refractivity contribution in [2.24, 2.45) is 7.05 Å². The largest absolute Gasteiger partial charge is 0.334 e. The molecule has 0 aliphatic carbocycles. The first-order valence-corrected chi connectivity index (χ1v) is 7.48. The van der Waals surface area contributed by atoms with Gasteiger partial charge in [0.1, 0.15) is 5.82 Å². The number of nitrogens with zero attached hydrogens (tertiary/aromatic N) is 4. The van der Waals surface area contributed by atoms with Crippen LogP contribution in [0.5, 0.6) is 0 Å². The Morgan fingerprint density at radius 2 is 2.04 bits per heavy atom. The summed E-state index contributed by atoms with van der Waals surface area (Å²) in [5.41, 5.74) is 2.89. The van der Waals surface area contributed by atoms with Gasteiger partial charge in [-0.2, -0.15) is 5.10 Å². The van der Waals surface area contributed by atoms with E-state index < -0.39 is 0 Å². The summed E-state index contributed by atoms with van der Waals surface area (Å²) in [4.78, 5) is 16.3. The summed E-state index contributed by atoms with van der Waals surface area (Å²) in [6, 6.07) is 7.68. The zero-order valence-electron chi connectivity index (χ0n) is 13.2. The van der Waals surface area contributed by atoms with Crippen molar-refractivity contribution in [2.75, 3.05) is 5.32 Å². The number of anilines is 1. The summed E-state index contributed by atoms with van der Waals surface area (Å²) in [6.45, 7) is 2.55. The second-order valence-electron chi connectivity index (χ2n) is 5.52. The van der Waals surface area contributed by atoms with Crippen LogP contribution < -0.4 is 5.32 Å². The highest BCUT2D eigenvalue weighted by molar-refractivity contribution is 5.90. The van der Waals surface area contributed by atoms with Crippen LogP contribution in [0.25, 0.3) is 11.4 Å². The van der Waals surface area contributed by atoms with Gasteiger partial charge in [0.05, 0.1) is 6.20 Å². The zero-order chi connectivity index (χ0) is 16.2. The molecule has 0 saturated carbocycles. The summed E-state index contributed by atoms with van der Waals surface area (Å²) in [6.07, 6.45) is 7.77. The molecule has 0 unspecified atom stereocenters. The molecule has 1 N–H and O–H groups in total. The van der Waals surface area contributed by atoms with Crippen LogP contribution in [-0.2, 0) is 18.4 Å². The molecule has 0 bridgehead atoms. The fourth-order valence-electron chi connectivity index (χ4n) is 2.38. The fraction of sp³-hybridized carbons (Fsp3) is 0.235. The Balaban J connectivity index is 1.57. The number of carbonyl (C=O) groups excluding carboxylic acids is 1. The van der Waals surface area contributed by atoms with E-state index in [2.05, 4.69) is 15.4 Å². The Labute approximate surface area is 134 Å². The molecule has 2 heterocycles. The van der Waals surface area contributed by atoms with E-state index in [4.69, 9.17) is 0 Å². The average Bonchev–Trinajstić information content (AvgIpc) is 3.14. The van der Waals surface area contributed by atoms with Crippen molar-refractivity contribution in [2.45, 2.75) is 19.9 Å². The lowest BCUT2D eigenvalue weighted by atomic mass is 10.2. The molecular formula is C17H19N5O. The van der Waals surface area contributed by atoms with Crippen LogP contribution in [0.15, 0.2) is 49.1 Å². The van der Waals surface area contributed by atoms with E-state index in [1.54, 1.807) is 17.1 Å². The first-order valence-electron chi connectivity index (χ1n) is 7.48. The van der Waals surface area contributed by atoms with E-state index in [9.17, 15) is 4.79 Å².